The summed E-state index contributed by atoms with van der Waals surface area (Å²) in [4.78, 5) is 30.7. The molecule has 2 aliphatic rings. The highest BCUT2D eigenvalue weighted by Gasteiger charge is 2.61. The SMILES string of the molecule is CC(C)C[C@H]1[C@@H]2C(=O)N(Cc3ccccc3)C(=O)[C@@H]2[C@H](c2ccc(C(=N)N)cc2)N1C. The van der Waals surface area contributed by atoms with Crippen molar-refractivity contribution < 1.29 is 9.59 Å². The highest BCUT2D eigenvalue weighted by Crippen LogP contribution is 2.50. The molecule has 0 bridgehead atoms. The van der Waals surface area contributed by atoms with Crippen LogP contribution in [0.15, 0.2) is 54.6 Å². The molecule has 2 fully saturated rings. The number of hydrogen-bond donors (Lipinski definition) is 2. The molecule has 2 aromatic rings. The average Bonchev–Trinajstić information content (AvgIpc) is 3.15. The lowest BCUT2D eigenvalue weighted by Gasteiger charge is -2.31. The number of hydrogen-bond acceptors (Lipinski definition) is 4. The molecule has 2 amide bonds. The second kappa shape index (κ2) is 8.27. The zero-order chi connectivity index (χ0) is 22.3. The van der Waals surface area contributed by atoms with Gasteiger partial charge in [-0.3, -0.25) is 24.8 Å². The Kier molecular flexibility index (Phi) is 5.67. The molecule has 0 spiro atoms. The van der Waals surface area contributed by atoms with E-state index < -0.39 is 5.92 Å². The molecular formula is C25H30N4O2. The van der Waals surface area contributed by atoms with Crippen LogP contribution in [0.4, 0.5) is 0 Å². The van der Waals surface area contributed by atoms with Crippen LogP contribution in [-0.4, -0.2) is 40.5 Å². The first kappa shape index (κ1) is 21.2. The molecule has 2 saturated heterocycles. The van der Waals surface area contributed by atoms with Crippen molar-refractivity contribution in [3.05, 3.63) is 71.3 Å². The third kappa shape index (κ3) is 3.76. The molecule has 4 atom stereocenters. The maximum atomic E-state index is 13.6. The summed E-state index contributed by atoms with van der Waals surface area (Å²) in [6, 6.07) is 17.0. The first-order valence-electron chi connectivity index (χ1n) is 10.8. The van der Waals surface area contributed by atoms with E-state index in [9.17, 15) is 9.59 Å². The van der Waals surface area contributed by atoms with Crippen molar-refractivity contribution in [3.8, 4) is 0 Å². The van der Waals surface area contributed by atoms with Gasteiger partial charge in [0, 0.05) is 17.6 Å². The number of nitrogens with one attached hydrogen (secondary N) is 1. The van der Waals surface area contributed by atoms with Gasteiger partial charge in [-0.05, 0) is 30.5 Å². The van der Waals surface area contributed by atoms with E-state index >= 15 is 0 Å². The van der Waals surface area contributed by atoms with Gasteiger partial charge in [-0.1, -0.05) is 68.4 Å². The van der Waals surface area contributed by atoms with Crippen molar-refractivity contribution in [2.45, 2.75) is 38.9 Å². The Bertz CT molecular complexity index is 986. The number of nitrogens with zero attached hydrogens (tertiary/aromatic N) is 2. The number of imide groups is 1. The quantitative estimate of drug-likeness (QED) is 0.428. The summed E-state index contributed by atoms with van der Waals surface area (Å²) in [5, 5.41) is 7.64. The molecule has 0 aromatic heterocycles. The Hall–Kier alpha value is -2.99. The van der Waals surface area contributed by atoms with E-state index in [0.29, 0.717) is 18.0 Å². The van der Waals surface area contributed by atoms with Crippen molar-refractivity contribution in [1.29, 1.82) is 5.41 Å². The van der Waals surface area contributed by atoms with Gasteiger partial charge in [0.25, 0.3) is 0 Å². The van der Waals surface area contributed by atoms with Crippen LogP contribution in [0.2, 0.25) is 0 Å². The zero-order valence-corrected chi connectivity index (χ0v) is 18.3. The summed E-state index contributed by atoms with van der Waals surface area (Å²) in [5.41, 5.74) is 8.20. The second-order valence-corrected chi connectivity index (χ2v) is 9.14. The van der Waals surface area contributed by atoms with Crippen molar-refractivity contribution >= 4 is 17.6 Å². The van der Waals surface area contributed by atoms with Crippen LogP contribution in [-0.2, 0) is 16.1 Å². The van der Waals surface area contributed by atoms with Crippen molar-refractivity contribution in [2.24, 2.45) is 23.5 Å². The van der Waals surface area contributed by atoms with Crippen LogP contribution in [0.3, 0.4) is 0 Å². The summed E-state index contributed by atoms with van der Waals surface area (Å²) in [5.74, 6) is -0.438. The van der Waals surface area contributed by atoms with E-state index in [2.05, 4.69) is 18.7 Å². The molecule has 0 aliphatic carbocycles. The Labute approximate surface area is 183 Å². The fraction of sp³-hybridized carbons (Fsp3) is 0.400. The smallest absolute Gasteiger partial charge is 0.235 e. The van der Waals surface area contributed by atoms with Gasteiger partial charge in [0.05, 0.1) is 18.4 Å². The monoisotopic (exact) mass is 418 g/mol. The lowest BCUT2D eigenvalue weighted by Crippen LogP contribution is -2.40. The van der Waals surface area contributed by atoms with Gasteiger partial charge in [-0.2, -0.15) is 0 Å². The second-order valence-electron chi connectivity index (χ2n) is 9.14. The van der Waals surface area contributed by atoms with E-state index in [4.69, 9.17) is 11.1 Å². The van der Waals surface area contributed by atoms with Gasteiger partial charge in [0.15, 0.2) is 0 Å². The minimum absolute atomic E-state index is 0.0136. The average molecular weight is 419 g/mol. The van der Waals surface area contributed by atoms with Crippen LogP contribution in [0.5, 0.6) is 0 Å². The number of nitrogens with two attached hydrogens (primary N) is 1. The summed E-state index contributed by atoms with van der Waals surface area (Å²) < 4.78 is 0. The topological polar surface area (TPSA) is 90.5 Å². The number of fused-ring (bicyclic) bond motifs is 1. The minimum atomic E-state index is -0.395. The summed E-state index contributed by atoms with van der Waals surface area (Å²) in [7, 11) is 2.02. The zero-order valence-electron chi connectivity index (χ0n) is 18.3. The summed E-state index contributed by atoms with van der Waals surface area (Å²) in [6.45, 7) is 4.63. The van der Waals surface area contributed by atoms with E-state index in [1.165, 1.54) is 4.90 Å². The van der Waals surface area contributed by atoms with Gasteiger partial charge < -0.3 is 5.73 Å². The Morgan fingerprint density at radius 3 is 2.19 bits per heavy atom. The third-order valence-corrected chi connectivity index (χ3v) is 6.67. The maximum Gasteiger partial charge on any atom is 0.235 e. The highest BCUT2D eigenvalue weighted by molar-refractivity contribution is 6.06. The molecule has 0 radical (unpaired) electrons. The number of nitrogen functional groups attached to an aromatic ring is 1. The highest BCUT2D eigenvalue weighted by atomic mass is 16.2. The third-order valence-electron chi connectivity index (χ3n) is 6.67. The molecule has 2 aliphatic heterocycles. The van der Waals surface area contributed by atoms with Crippen LogP contribution >= 0.6 is 0 Å². The fourth-order valence-electron chi connectivity index (χ4n) is 5.24. The van der Waals surface area contributed by atoms with Crippen molar-refractivity contribution in [1.82, 2.24) is 9.80 Å². The number of amides is 2. The predicted octanol–water partition coefficient (Wildman–Crippen LogP) is 3.17. The molecule has 6 heteroatoms. The largest absolute Gasteiger partial charge is 0.384 e. The minimum Gasteiger partial charge on any atom is -0.384 e. The van der Waals surface area contributed by atoms with E-state index in [-0.39, 0.29) is 35.7 Å². The van der Waals surface area contributed by atoms with Crippen LogP contribution in [0, 0.1) is 23.2 Å². The number of benzene rings is 2. The molecule has 2 heterocycles. The van der Waals surface area contributed by atoms with E-state index in [1.807, 2.05) is 61.6 Å². The molecule has 31 heavy (non-hydrogen) atoms. The molecule has 4 rings (SSSR count). The number of rotatable bonds is 6. The molecular weight excluding hydrogens is 388 g/mol. The number of carbonyl (C=O) groups excluding carboxylic acids is 2. The predicted molar refractivity (Wildman–Crippen MR) is 120 cm³/mol. The van der Waals surface area contributed by atoms with Gasteiger partial charge in [0.2, 0.25) is 11.8 Å². The molecule has 0 unspecified atom stereocenters. The van der Waals surface area contributed by atoms with E-state index in [1.54, 1.807) is 0 Å². The normalized spacial score (nSPS) is 26.0. The van der Waals surface area contributed by atoms with Gasteiger partial charge >= 0.3 is 0 Å². The Morgan fingerprint density at radius 1 is 1.00 bits per heavy atom. The Morgan fingerprint density at radius 2 is 1.61 bits per heavy atom. The number of carbonyl (C=O) groups is 2. The molecule has 3 N–H and O–H groups in total. The molecule has 162 valence electrons. The Balaban J connectivity index is 1.70. The van der Waals surface area contributed by atoms with Crippen LogP contribution in [0.1, 0.15) is 43.0 Å². The van der Waals surface area contributed by atoms with E-state index in [0.717, 1.165) is 17.5 Å². The van der Waals surface area contributed by atoms with Crippen molar-refractivity contribution in [3.63, 3.8) is 0 Å². The number of likely N-dealkylation sites (tertiary alicyclic amines) is 2. The fourth-order valence-corrected chi connectivity index (χ4v) is 5.24. The number of amidine groups is 1. The molecule has 2 aromatic carbocycles. The first-order valence-corrected chi connectivity index (χ1v) is 10.8. The lowest BCUT2D eigenvalue weighted by atomic mass is 9.84. The molecule has 6 nitrogen and oxygen atoms in total. The van der Waals surface area contributed by atoms with Gasteiger partial charge in [0.1, 0.15) is 5.84 Å². The first-order chi connectivity index (χ1) is 14.8. The maximum absolute atomic E-state index is 13.6. The summed E-state index contributed by atoms with van der Waals surface area (Å²) in [6.07, 6.45) is 0.859. The van der Waals surface area contributed by atoms with Gasteiger partial charge in [-0.25, -0.2) is 0 Å². The lowest BCUT2D eigenvalue weighted by molar-refractivity contribution is -0.142. The molecule has 0 saturated carbocycles. The standard InChI is InChI=1S/C25H30N4O2/c1-15(2)13-19-20-21(22(28(19)3)17-9-11-18(12-10-17)23(26)27)25(31)29(24(20)30)14-16-7-5-4-6-8-16/h4-12,15,19-22H,13-14H2,1-3H3,(H3,26,27)/t19-,20-,21-,22-/m0/s1. The van der Waals surface area contributed by atoms with Crippen molar-refractivity contribution in [2.75, 3.05) is 7.05 Å². The van der Waals surface area contributed by atoms with Crippen LogP contribution < -0.4 is 5.73 Å². The van der Waals surface area contributed by atoms with Gasteiger partial charge in [-0.15, -0.1) is 0 Å². The van der Waals surface area contributed by atoms with Crippen LogP contribution in [0.25, 0.3) is 0 Å². The summed E-state index contributed by atoms with van der Waals surface area (Å²) >= 11 is 0.